The maximum atomic E-state index is 12.7. The number of fused-ring (bicyclic) bond motifs is 1. The molecule has 5 heteroatoms. The average Bonchev–Trinajstić information content (AvgIpc) is 2.79. The molecule has 1 unspecified atom stereocenters. The third-order valence-corrected chi connectivity index (χ3v) is 5.28. The van der Waals surface area contributed by atoms with Crippen LogP contribution in [0.5, 0.6) is 11.5 Å². The first-order chi connectivity index (χ1) is 12.2. The van der Waals surface area contributed by atoms with Gasteiger partial charge in [0.05, 0.1) is 12.3 Å². The van der Waals surface area contributed by atoms with E-state index in [2.05, 4.69) is 13.0 Å². The number of anilines is 1. The van der Waals surface area contributed by atoms with Crippen molar-refractivity contribution >= 4 is 23.4 Å². The number of carbonyl (C=O) groups excluding carboxylic acids is 1. The van der Waals surface area contributed by atoms with Gasteiger partial charge in [-0.15, -0.1) is 11.8 Å². The molecule has 1 heterocycles. The van der Waals surface area contributed by atoms with Crippen LogP contribution in [0.1, 0.15) is 20.3 Å². The molecule has 0 aliphatic carbocycles. The summed E-state index contributed by atoms with van der Waals surface area (Å²) in [6, 6.07) is 15.4. The molecule has 4 nitrogen and oxygen atoms in total. The lowest BCUT2D eigenvalue weighted by Gasteiger charge is -2.22. The normalized spacial score (nSPS) is 16.7. The molecular weight excluding hydrogens is 334 g/mol. The number of hydrogen-bond acceptors (Lipinski definition) is 4. The van der Waals surface area contributed by atoms with Gasteiger partial charge >= 0.3 is 0 Å². The number of nitrogens with zero attached hydrogens (tertiary/aromatic N) is 1. The van der Waals surface area contributed by atoms with E-state index in [9.17, 15) is 4.79 Å². The molecule has 132 valence electrons. The molecule has 25 heavy (non-hydrogen) atoms. The van der Waals surface area contributed by atoms with Gasteiger partial charge in [-0.3, -0.25) is 4.79 Å². The Morgan fingerprint density at radius 3 is 2.52 bits per heavy atom. The summed E-state index contributed by atoms with van der Waals surface area (Å²) in [7, 11) is 0. The lowest BCUT2D eigenvalue weighted by molar-refractivity contribution is -0.120. The number of carbonyl (C=O) groups is 1. The monoisotopic (exact) mass is 357 g/mol. The van der Waals surface area contributed by atoms with Crippen LogP contribution >= 0.6 is 11.8 Å². The second kappa shape index (κ2) is 8.30. The molecule has 0 N–H and O–H groups in total. The maximum Gasteiger partial charge on any atom is 0.264 e. The van der Waals surface area contributed by atoms with E-state index < -0.39 is 0 Å². The SMILES string of the molecule is CCOc1ccc(OCC(=O)N2CCC(C)Sc3ccccc32)cc1. The van der Waals surface area contributed by atoms with Gasteiger partial charge in [0.15, 0.2) is 6.61 Å². The molecule has 0 spiro atoms. The second-order valence-electron chi connectivity index (χ2n) is 5.92. The predicted octanol–water partition coefficient (Wildman–Crippen LogP) is 4.38. The Hall–Kier alpha value is -2.14. The Bertz CT molecular complexity index is 717. The Morgan fingerprint density at radius 2 is 1.80 bits per heavy atom. The summed E-state index contributed by atoms with van der Waals surface area (Å²) >= 11 is 1.83. The van der Waals surface area contributed by atoms with Gasteiger partial charge in [-0.05, 0) is 49.7 Å². The largest absolute Gasteiger partial charge is 0.494 e. The summed E-state index contributed by atoms with van der Waals surface area (Å²) in [5, 5.41) is 0.492. The van der Waals surface area contributed by atoms with Gasteiger partial charge in [0.1, 0.15) is 11.5 Å². The van der Waals surface area contributed by atoms with Crippen LogP contribution in [0.2, 0.25) is 0 Å². The van der Waals surface area contributed by atoms with Crippen molar-refractivity contribution in [2.45, 2.75) is 30.4 Å². The van der Waals surface area contributed by atoms with Gasteiger partial charge in [0.2, 0.25) is 0 Å². The summed E-state index contributed by atoms with van der Waals surface area (Å²) in [6.45, 7) is 5.52. The number of thioether (sulfide) groups is 1. The minimum absolute atomic E-state index is 0.0176. The lowest BCUT2D eigenvalue weighted by Crippen LogP contribution is -2.36. The molecule has 1 amide bonds. The first-order valence-electron chi connectivity index (χ1n) is 8.59. The minimum atomic E-state index is -0.0176. The number of para-hydroxylation sites is 1. The molecule has 2 aromatic carbocycles. The first kappa shape index (κ1) is 17.7. The third kappa shape index (κ3) is 4.48. The van der Waals surface area contributed by atoms with Crippen molar-refractivity contribution in [2.24, 2.45) is 0 Å². The van der Waals surface area contributed by atoms with E-state index in [0.29, 0.717) is 17.6 Å². The van der Waals surface area contributed by atoms with E-state index in [-0.39, 0.29) is 12.5 Å². The van der Waals surface area contributed by atoms with Gasteiger partial charge in [-0.25, -0.2) is 0 Å². The van der Waals surface area contributed by atoms with Crippen molar-refractivity contribution in [3.05, 3.63) is 48.5 Å². The van der Waals surface area contributed by atoms with Crippen molar-refractivity contribution < 1.29 is 14.3 Å². The Kier molecular flexibility index (Phi) is 5.87. The Morgan fingerprint density at radius 1 is 1.12 bits per heavy atom. The van der Waals surface area contributed by atoms with E-state index in [0.717, 1.165) is 29.3 Å². The maximum absolute atomic E-state index is 12.7. The third-order valence-electron chi connectivity index (χ3n) is 4.04. The van der Waals surface area contributed by atoms with Gasteiger partial charge in [0.25, 0.3) is 5.91 Å². The fraction of sp³-hybridized carbons (Fsp3) is 0.350. The molecule has 0 aromatic heterocycles. The number of amides is 1. The lowest BCUT2D eigenvalue weighted by atomic mass is 10.2. The second-order valence-corrected chi connectivity index (χ2v) is 7.40. The number of benzene rings is 2. The molecule has 0 saturated heterocycles. The van der Waals surface area contributed by atoms with E-state index in [1.54, 1.807) is 0 Å². The van der Waals surface area contributed by atoms with Gasteiger partial charge < -0.3 is 14.4 Å². The molecular formula is C20H23NO3S. The zero-order valence-electron chi connectivity index (χ0n) is 14.6. The Labute approximate surface area is 153 Å². The summed E-state index contributed by atoms with van der Waals surface area (Å²) < 4.78 is 11.1. The Balaban J connectivity index is 1.66. The smallest absolute Gasteiger partial charge is 0.264 e. The standard InChI is InChI=1S/C20H23NO3S/c1-3-23-16-8-10-17(11-9-16)24-14-20(22)21-13-12-15(2)25-19-7-5-4-6-18(19)21/h4-11,15H,3,12-14H2,1-2H3. The van der Waals surface area contributed by atoms with Crippen molar-refractivity contribution in [3.8, 4) is 11.5 Å². The highest BCUT2D eigenvalue weighted by molar-refractivity contribution is 8.00. The van der Waals surface area contributed by atoms with E-state index in [1.165, 1.54) is 0 Å². The fourth-order valence-electron chi connectivity index (χ4n) is 2.77. The van der Waals surface area contributed by atoms with Crippen molar-refractivity contribution in [1.82, 2.24) is 0 Å². The highest BCUT2D eigenvalue weighted by Gasteiger charge is 2.24. The molecule has 0 bridgehead atoms. The van der Waals surface area contributed by atoms with Crippen LogP contribution in [-0.4, -0.2) is 30.9 Å². The molecule has 0 fully saturated rings. The van der Waals surface area contributed by atoms with Crippen LogP contribution < -0.4 is 14.4 Å². The zero-order chi connectivity index (χ0) is 17.6. The number of hydrogen-bond donors (Lipinski definition) is 0. The van der Waals surface area contributed by atoms with E-state index >= 15 is 0 Å². The molecule has 1 atom stereocenters. The van der Waals surface area contributed by atoms with Gasteiger partial charge in [-0.1, -0.05) is 19.1 Å². The molecule has 0 radical (unpaired) electrons. The van der Waals surface area contributed by atoms with Crippen molar-refractivity contribution in [2.75, 3.05) is 24.7 Å². The highest BCUT2D eigenvalue weighted by atomic mass is 32.2. The molecule has 1 aliphatic heterocycles. The van der Waals surface area contributed by atoms with Gasteiger partial charge in [0, 0.05) is 16.7 Å². The quantitative estimate of drug-likeness (QED) is 0.796. The number of ether oxygens (including phenoxy) is 2. The van der Waals surface area contributed by atoms with E-state index in [4.69, 9.17) is 9.47 Å². The summed E-state index contributed by atoms with van der Waals surface area (Å²) in [5.41, 5.74) is 0.983. The summed E-state index contributed by atoms with van der Waals surface area (Å²) in [5.74, 6) is 1.45. The molecule has 3 rings (SSSR count). The molecule has 1 aliphatic rings. The predicted molar refractivity (Wildman–Crippen MR) is 102 cm³/mol. The van der Waals surface area contributed by atoms with Crippen LogP contribution in [-0.2, 0) is 4.79 Å². The van der Waals surface area contributed by atoms with E-state index in [1.807, 2.05) is 66.1 Å². The van der Waals surface area contributed by atoms with Crippen LogP contribution in [0.15, 0.2) is 53.4 Å². The van der Waals surface area contributed by atoms with Crippen LogP contribution in [0.4, 0.5) is 5.69 Å². The summed E-state index contributed by atoms with van der Waals surface area (Å²) in [4.78, 5) is 15.7. The van der Waals surface area contributed by atoms with Crippen LogP contribution in [0.3, 0.4) is 0 Å². The van der Waals surface area contributed by atoms with Crippen LogP contribution in [0.25, 0.3) is 0 Å². The van der Waals surface area contributed by atoms with Crippen molar-refractivity contribution in [3.63, 3.8) is 0 Å². The average molecular weight is 357 g/mol. The fourth-order valence-corrected chi connectivity index (χ4v) is 3.88. The zero-order valence-corrected chi connectivity index (χ0v) is 15.4. The van der Waals surface area contributed by atoms with Gasteiger partial charge in [-0.2, -0.15) is 0 Å². The highest BCUT2D eigenvalue weighted by Crippen LogP contribution is 2.37. The number of rotatable bonds is 5. The summed E-state index contributed by atoms with van der Waals surface area (Å²) in [6.07, 6.45) is 0.966. The molecule has 0 saturated carbocycles. The minimum Gasteiger partial charge on any atom is -0.494 e. The van der Waals surface area contributed by atoms with Crippen molar-refractivity contribution in [1.29, 1.82) is 0 Å². The molecule has 2 aromatic rings. The van der Waals surface area contributed by atoms with Crippen LogP contribution in [0, 0.1) is 0 Å². The first-order valence-corrected chi connectivity index (χ1v) is 9.47. The topological polar surface area (TPSA) is 38.8 Å².